The second kappa shape index (κ2) is 8.65. The van der Waals surface area contributed by atoms with Crippen LogP contribution in [0.3, 0.4) is 0 Å². The molecule has 5 nitrogen and oxygen atoms in total. The summed E-state index contributed by atoms with van der Waals surface area (Å²) >= 11 is 9.78. The van der Waals surface area contributed by atoms with Gasteiger partial charge in [0, 0.05) is 31.8 Å². The molecule has 0 aliphatic carbocycles. The van der Waals surface area contributed by atoms with Crippen LogP contribution in [0.2, 0.25) is 5.02 Å². The number of rotatable bonds is 3. The summed E-state index contributed by atoms with van der Waals surface area (Å²) in [5.74, 6) is -1.56. The predicted molar refractivity (Wildman–Crippen MR) is 154 cm³/mol. The quantitative estimate of drug-likeness (QED) is 0.346. The third-order valence-electron chi connectivity index (χ3n) is 8.01. The molecule has 0 aromatic heterocycles. The molecule has 3 heterocycles. The first-order valence-corrected chi connectivity index (χ1v) is 13.7. The standard InChI is InChI=1S/C31H26BrClN2O3/c1-30(2,3)28(37)26-25(27(36)17-8-11-19(32)12-9-17)31(21-6-4-5-7-22(21)34-29(31)38)24-15-10-18-16-20(33)13-14-23(18)35(24)26/h4-16,24-26H,1-3H3,(H,34,38)/t24-,25+,26-,31-/m0/s1. The van der Waals surface area contributed by atoms with Crippen LogP contribution in [0.25, 0.3) is 6.08 Å². The number of carbonyl (C=O) groups is 3. The molecule has 1 amide bonds. The molecule has 3 aliphatic heterocycles. The molecule has 1 saturated heterocycles. The molecule has 38 heavy (non-hydrogen) atoms. The maximum absolute atomic E-state index is 14.6. The van der Waals surface area contributed by atoms with Crippen molar-refractivity contribution in [3.05, 3.63) is 99.0 Å². The van der Waals surface area contributed by atoms with Gasteiger partial charge in [-0.3, -0.25) is 14.4 Å². The van der Waals surface area contributed by atoms with Gasteiger partial charge >= 0.3 is 0 Å². The first kappa shape index (κ1) is 25.1. The minimum atomic E-state index is -1.31. The largest absolute Gasteiger partial charge is 0.352 e. The van der Waals surface area contributed by atoms with Crippen LogP contribution >= 0.6 is 27.5 Å². The molecule has 0 unspecified atom stereocenters. The fraction of sp³-hybridized carbons (Fsp3) is 0.258. The number of carbonyl (C=O) groups excluding carboxylic acids is 3. The third-order valence-corrected chi connectivity index (χ3v) is 8.78. The highest BCUT2D eigenvalue weighted by Gasteiger charge is 2.70. The Balaban J connectivity index is 1.68. The Labute approximate surface area is 235 Å². The van der Waals surface area contributed by atoms with Gasteiger partial charge in [0.05, 0.1) is 12.0 Å². The fourth-order valence-corrected chi connectivity index (χ4v) is 6.83. The molecule has 4 atom stereocenters. The van der Waals surface area contributed by atoms with Gasteiger partial charge in [0.2, 0.25) is 5.91 Å². The van der Waals surface area contributed by atoms with Crippen LogP contribution in [-0.2, 0) is 15.0 Å². The molecule has 3 aromatic rings. The Kier molecular flexibility index (Phi) is 5.71. The van der Waals surface area contributed by atoms with Crippen LogP contribution < -0.4 is 10.2 Å². The molecule has 1 spiro atoms. The van der Waals surface area contributed by atoms with Gasteiger partial charge in [-0.15, -0.1) is 0 Å². The van der Waals surface area contributed by atoms with E-state index in [1.165, 1.54) is 0 Å². The Morgan fingerprint density at radius 1 is 1.03 bits per heavy atom. The van der Waals surface area contributed by atoms with E-state index in [0.717, 1.165) is 21.3 Å². The number of Topliss-reactive ketones (excluding diaryl/α,β-unsaturated/α-hetero) is 2. The van der Waals surface area contributed by atoms with Crippen molar-refractivity contribution < 1.29 is 14.4 Å². The van der Waals surface area contributed by atoms with E-state index < -0.39 is 28.8 Å². The first-order valence-electron chi connectivity index (χ1n) is 12.6. The Morgan fingerprint density at radius 2 is 1.74 bits per heavy atom. The maximum Gasteiger partial charge on any atom is 0.238 e. The molecule has 0 bridgehead atoms. The summed E-state index contributed by atoms with van der Waals surface area (Å²) in [6.45, 7) is 5.59. The number of anilines is 2. The van der Waals surface area contributed by atoms with Crippen molar-refractivity contribution in [1.29, 1.82) is 0 Å². The molecular formula is C31H26BrClN2O3. The topological polar surface area (TPSA) is 66.5 Å². The van der Waals surface area contributed by atoms with E-state index in [9.17, 15) is 14.4 Å². The fourth-order valence-electron chi connectivity index (χ4n) is 6.39. The lowest BCUT2D eigenvalue weighted by Gasteiger charge is -2.38. The molecule has 1 fully saturated rings. The Morgan fingerprint density at radius 3 is 2.45 bits per heavy atom. The van der Waals surface area contributed by atoms with Gasteiger partial charge < -0.3 is 10.2 Å². The summed E-state index contributed by atoms with van der Waals surface area (Å²) in [6.07, 6.45) is 3.90. The lowest BCUT2D eigenvalue weighted by Crippen LogP contribution is -2.51. The van der Waals surface area contributed by atoms with Crippen LogP contribution in [0.5, 0.6) is 0 Å². The highest BCUT2D eigenvalue weighted by molar-refractivity contribution is 9.10. The van der Waals surface area contributed by atoms with Gasteiger partial charge in [-0.2, -0.15) is 0 Å². The van der Waals surface area contributed by atoms with Crippen LogP contribution in [0, 0.1) is 11.3 Å². The molecular weight excluding hydrogens is 564 g/mol. The van der Waals surface area contributed by atoms with Crippen LogP contribution in [-0.4, -0.2) is 29.6 Å². The highest BCUT2D eigenvalue weighted by Crippen LogP contribution is 2.58. The Bertz CT molecular complexity index is 1540. The van der Waals surface area contributed by atoms with E-state index in [-0.39, 0.29) is 17.5 Å². The summed E-state index contributed by atoms with van der Waals surface area (Å²) in [7, 11) is 0. The molecule has 7 heteroatoms. The number of hydrogen-bond acceptors (Lipinski definition) is 4. The summed E-state index contributed by atoms with van der Waals surface area (Å²) in [5, 5.41) is 3.62. The van der Waals surface area contributed by atoms with Gasteiger partial charge in [0.1, 0.15) is 11.5 Å². The lowest BCUT2D eigenvalue weighted by molar-refractivity contribution is -0.128. The van der Waals surface area contributed by atoms with E-state index >= 15 is 0 Å². The number of para-hydroxylation sites is 1. The molecule has 192 valence electrons. The van der Waals surface area contributed by atoms with E-state index in [1.54, 1.807) is 18.2 Å². The Hall–Kier alpha value is -3.22. The minimum Gasteiger partial charge on any atom is -0.352 e. The average molecular weight is 590 g/mol. The minimum absolute atomic E-state index is 0.0942. The van der Waals surface area contributed by atoms with Crippen molar-refractivity contribution in [2.24, 2.45) is 11.3 Å². The number of halogens is 2. The van der Waals surface area contributed by atoms with Gasteiger partial charge in [0.15, 0.2) is 11.6 Å². The number of nitrogens with one attached hydrogen (secondary N) is 1. The number of benzene rings is 3. The predicted octanol–water partition coefficient (Wildman–Crippen LogP) is 6.69. The van der Waals surface area contributed by atoms with Crippen LogP contribution in [0.15, 0.2) is 77.3 Å². The van der Waals surface area contributed by atoms with Crippen molar-refractivity contribution >= 4 is 62.5 Å². The van der Waals surface area contributed by atoms with Gasteiger partial charge in [0.25, 0.3) is 0 Å². The number of nitrogens with zero attached hydrogens (tertiary/aromatic N) is 1. The van der Waals surface area contributed by atoms with Crippen LogP contribution in [0.4, 0.5) is 11.4 Å². The zero-order valence-corrected chi connectivity index (χ0v) is 23.5. The van der Waals surface area contributed by atoms with Crippen molar-refractivity contribution in [2.75, 3.05) is 10.2 Å². The van der Waals surface area contributed by atoms with Gasteiger partial charge in [-0.1, -0.05) is 90.8 Å². The summed E-state index contributed by atoms with van der Waals surface area (Å²) in [4.78, 5) is 45.2. The molecule has 6 rings (SSSR count). The van der Waals surface area contributed by atoms with Crippen molar-refractivity contribution in [1.82, 2.24) is 0 Å². The smallest absolute Gasteiger partial charge is 0.238 e. The molecule has 1 N–H and O–H groups in total. The van der Waals surface area contributed by atoms with E-state index in [0.29, 0.717) is 16.3 Å². The summed E-state index contributed by atoms with van der Waals surface area (Å²) in [5.41, 5.74) is 1.43. The molecule has 3 aromatic carbocycles. The number of amides is 1. The van der Waals surface area contributed by atoms with Crippen LogP contribution in [0.1, 0.15) is 42.3 Å². The highest BCUT2D eigenvalue weighted by atomic mass is 79.9. The second-order valence-corrected chi connectivity index (χ2v) is 12.5. The maximum atomic E-state index is 14.6. The summed E-state index contributed by atoms with van der Waals surface area (Å²) < 4.78 is 0.840. The lowest BCUT2D eigenvalue weighted by atomic mass is 9.63. The number of fused-ring (bicyclic) bond motifs is 6. The SMILES string of the molecule is CC(C)(C)C(=O)[C@@H]1[C@H](C(=O)c2ccc(Br)cc2)[C@@]2(C(=O)Nc3ccccc32)[C@@H]2C=Cc3cc(Cl)ccc3N12. The molecule has 0 saturated carbocycles. The zero-order chi connectivity index (χ0) is 27.0. The van der Waals surface area contributed by atoms with Gasteiger partial charge in [-0.05, 0) is 47.5 Å². The van der Waals surface area contributed by atoms with Crippen molar-refractivity contribution in [2.45, 2.75) is 38.3 Å². The monoisotopic (exact) mass is 588 g/mol. The first-order chi connectivity index (χ1) is 18.0. The van der Waals surface area contributed by atoms with Crippen molar-refractivity contribution in [3.8, 4) is 0 Å². The second-order valence-electron chi connectivity index (χ2n) is 11.2. The molecule has 3 aliphatic rings. The van der Waals surface area contributed by atoms with Gasteiger partial charge in [-0.25, -0.2) is 0 Å². The van der Waals surface area contributed by atoms with E-state index in [4.69, 9.17) is 11.6 Å². The summed E-state index contributed by atoms with van der Waals surface area (Å²) in [6, 6.07) is 18.7. The molecule has 0 radical (unpaired) electrons. The third kappa shape index (κ3) is 3.46. The van der Waals surface area contributed by atoms with E-state index in [1.807, 2.05) is 86.4 Å². The number of hydrogen-bond donors (Lipinski definition) is 1. The average Bonchev–Trinajstić information content (AvgIpc) is 3.35. The normalized spacial score (nSPS) is 25.1. The van der Waals surface area contributed by atoms with Crippen molar-refractivity contribution in [3.63, 3.8) is 0 Å². The van der Waals surface area contributed by atoms with E-state index in [2.05, 4.69) is 21.2 Å². The zero-order valence-electron chi connectivity index (χ0n) is 21.2. The number of ketones is 2.